The second-order valence-electron chi connectivity index (χ2n) is 11.7. The molecule has 1 unspecified atom stereocenters. The van der Waals surface area contributed by atoms with Crippen molar-refractivity contribution in [2.75, 3.05) is 40.1 Å². The summed E-state index contributed by atoms with van der Waals surface area (Å²) in [7, 11) is 5.40. The topological polar surface area (TPSA) is 146 Å². The Morgan fingerprint density at radius 1 is 0.894 bits per heavy atom. The number of hydrogen-bond donors (Lipinski definition) is 0. The normalized spacial score (nSPS) is 22.0. The van der Waals surface area contributed by atoms with Crippen LogP contribution in [0.1, 0.15) is 33.9 Å². The van der Waals surface area contributed by atoms with Crippen LogP contribution in [0.5, 0.6) is 11.5 Å². The number of amidine groups is 1. The van der Waals surface area contributed by atoms with E-state index in [9.17, 15) is 19.2 Å². The third-order valence-electron chi connectivity index (χ3n) is 9.37. The Morgan fingerprint density at radius 2 is 1.60 bits per heavy atom. The zero-order valence-corrected chi connectivity index (χ0v) is 26.5. The molecule has 7 rings (SSSR count). The van der Waals surface area contributed by atoms with Crippen molar-refractivity contribution >= 4 is 35.3 Å². The number of hydrogen-bond acceptors (Lipinski definition) is 12. The molecular formula is C34H31N3O10. The van der Waals surface area contributed by atoms with Crippen molar-refractivity contribution in [2.24, 2.45) is 4.99 Å². The van der Waals surface area contributed by atoms with Gasteiger partial charge in [0.05, 0.1) is 43.9 Å². The van der Waals surface area contributed by atoms with Crippen molar-refractivity contribution in [1.29, 1.82) is 0 Å². The number of nitrogens with zero attached hydrogens (tertiary/aromatic N) is 3. The molecule has 13 heteroatoms. The van der Waals surface area contributed by atoms with Gasteiger partial charge in [0.25, 0.3) is 5.91 Å². The van der Waals surface area contributed by atoms with Gasteiger partial charge in [-0.3, -0.25) is 9.69 Å². The van der Waals surface area contributed by atoms with Crippen LogP contribution in [0.4, 0.5) is 5.69 Å². The highest BCUT2D eigenvalue weighted by Gasteiger charge is 2.67. The molecule has 4 aliphatic rings. The average molecular weight is 642 g/mol. The second kappa shape index (κ2) is 10.7. The first kappa shape index (κ1) is 30.1. The minimum atomic E-state index is -1.29. The number of fused-ring (bicyclic) bond motifs is 2. The van der Waals surface area contributed by atoms with Gasteiger partial charge in [0, 0.05) is 12.7 Å². The number of ether oxygens (including phenoxy) is 5. The molecule has 1 amide bonds. The van der Waals surface area contributed by atoms with E-state index in [0.717, 1.165) is 11.1 Å². The summed E-state index contributed by atoms with van der Waals surface area (Å²) in [6.45, 7) is 3.48. The lowest BCUT2D eigenvalue weighted by Gasteiger charge is -2.39. The van der Waals surface area contributed by atoms with Crippen LogP contribution in [0.3, 0.4) is 0 Å². The number of likely N-dealkylation sites (tertiary alicyclic amines) is 1. The maximum absolute atomic E-state index is 14.5. The molecule has 0 saturated carbocycles. The van der Waals surface area contributed by atoms with Gasteiger partial charge in [-0.15, -0.1) is 0 Å². The van der Waals surface area contributed by atoms with Gasteiger partial charge in [-0.05, 0) is 67.3 Å². The smallest absolute Gasteiger partial charge is 0.357 e. The van der Waals surface area contributed by atoms with Crippen LogP contribution in [-0.2, 0) is 34.0 Å². The van der Waals surface area contributed by atoms with E-state index in [1.54, 1.807) is 27.0 Å². The highest BCUT2D eigenvalue weighted by atomic mass is 16.7. The molecule has 3 atom stereocenters. The average Bonchev–Trinajstić information content (AvgIpc) is 3.84. The number of benzene rings is 2. The van der Waals surface area contributed by atoms with Crippen molar-refractivity contribution in [3.8, 4) is 22.6 Å². The van der Waals surface area contributed by atoms with E-state index in [4.69, 9.17) is 33.1 Å². The Labute approximate surface area is 269 Å². The lowest BCUT2D eigenvalue weighted by molar-refractivity contribution is -0.144. The van der Waals surface area contributed by atoms with E-state index in [-0.39, 0.29) is 35.9 Å². The number of carbonyl (C=O) groups is 4. The molecular weight excluding hydrogens is 610 g/mol. The molecule has 3 aromatic rings. The lowest BCUT2D eigenvalue weighted by Crippen LogP contribution is -2.55. The zero-order chi connectivity index (χ0) is 33.4. The molecule has 47 heavy (non-hydrogen) atoms. The van der Waals surface area contributed by atoms with Crippen molar-refractivity contribution in [3.05, 3.63) is 76.4 Å². The van der Waals surface area contributed by atoms with Gasteiger partial charge in [-0.1, -0.05) is 12.1 Å². The Balaban J connectivity index is 1.51. The minimum Gasteiger partial charge on any atom is -0.467 e. The molecule has 2 aromatic carbocycles. The van der Waals surface area contributed by atoms with Crippen molar-refractivity contribution in [2.45, 2.75) is 37.8 Å². The molecule has 1 fully saturated rings. The van der Waals surface area contributed by atoms with Gasteiger partial charge < -0.3 is 33.0 Å². The van der Waals surface area contributed by atoms with Crippen LogP contribution >= 0.6 is 0 Å². The standard InChI is InChI=1S/C34H31N3O10/c1-16-11-20(17(2)47-16)29(38)37-23(30(39)42-4)14-34-21-12-18(19-8-10-24-25(13-19)46-15-45-24)7-9-22(21)36(3)28(34)26(31(40)43-5)27(32(41)44-6)35-33(34)37/h7-13,23,28H,14-15H2,1-6H3/t23-,28?,34-/m0/s1. The SMILES string of the molecule is COC(=O)C1=C(C(=O)OC)C2N(C)c3ccc(-c4ccc5c(c4)OCO5)cc3[C@@]23C[C@@H](C(=O)OC)N(C(=O)c2cc(C)oc2C)C3=N1. The van der Waals surface area contributed by atoms with Crippen molar-refractivity contribution < 1.29 is 47.3 Å². The number of rotatable bonds is 5. The molecule has 0 N–H and O–H groups in total. The predicted molar refractivity (Wildman–Crippen MR) is 165 cm³/mol. The van der Waals surface area contributed by atoms with E-state index in [0.29, 0.717) is 34.3 Å². The summed E-state index contributed by atoms with van der Waals surface area (Å²) in [5.41, 5.74) is 1.56. The lowest BCUT2D eigenvalue weighted by atomic mass is 9.69. The molecule has 242 valence electrons. The summed E-state index contributed by atoms with van der Waals surface area (Å²) in [6.07, 6.45) is -0.0122. The number of amides is 1. The maximum atomic E-state index is 14.5. The third kappa shape index (κ3) is 4.18. The first-order chi connectivity index (χ1) is 22.5. The number of carbonyl (C=O) groups excluding carboxylic acids is 4. The fourth-order valence-electron chi connectivity index (χ4n) is 7.38. The molecule has 0 bridgehead atoms. The Kier molecular flexibility index (Phi) is 6.88. The van der Waals surface area contributed by atoms with Crippen LogP contribution in [0, 0.1) is 13.8 Å². The zero-order valence-electron chi connectivity index (χ0n) is 26.5. The van der Waals surface area contributed by atoms with Gasteiger partial charge in [0.15, 0.2) is 17.2 Å². The van der Waals surface area contributed by atoms with Crippen LogP contribution in [0.25, 0.3) is 11.1 Å². The number of anilines is 1. The number of aliphatic imine (C=N–C) groups is 1. The second-order valence-corrected chi connectivity index (χ2v) is 11.7. The highest BCUT2D eigenvalue weighted by molar-refractivity contribution is 6.20. The Hall–Kier alpha value is -5.59. The summed E-state index contributed by atoms with van der Waals surface area (Å²) >= 11 is 0. The molecule has 0 aliphatic carbocycles. The Morgan fingerprint density at radius 3 is 2.28 bits per heavy atom. The molecule has 5 heterocycles. The number of likely N-dealkylation sites (N-methyl/N-ethyl adjacent to an activating group) is 1. The molecule has 0 radical (unpaired) electrons. The quantitative estimate of drug-likeness (QED) is 0.298. The fourth-order valence-corrected chi connectivity index (χ4v) is 7.38. The van der Waals surface area contributed by atoms with Gasteiger partial charge in [-0.2, -0.15) is 0 Å². The van der Waals surface area contributed by atoms with Crippen LogP contribution < -0.4 is 14.4 Å². The first-order valence-corrected chi connectivity index (χ1v) is 14.8. The number of aryl methyl sites for hydroxylation is 2. The van der Waals surface area contributed by atoms with Crippen molar-refractivity contribution in [1.82, 2.24) is 4.90 Å². The van der Waals surface area contributed by atoms with Crippen LogP contribution in [-0.4, -0.2) is 81.8 Å². The summed E-state index contributed by atoms with van der Waals surface area (Å²) in [5.74, 6) is -0.782. The molecule has 1 saturated heterocycles. The van der Waals surface area contributed by atoms with Gasteiger partial charge >= 0.3 is 17.9 Å². The van der Waals surface area contributed by atoms with E-state index < -0.39 is 41.3 Å². The highest BCUT2D eigenvalue weighted by Crippen LogP contribution is 2.58. The van der Waals surface area contributed by atoms with E-state index >= 15 is 0 Å². The minimum absolute atomic E-state index is 0.0122. The van der Waals surface area contributed by atoms with Gasteiger partial charge in [0.1, 0.15) is 23.4 Å². The van der Waals surface area contributed by atoms with Gasteiger partial charge in [-0.25, -0.2) is 19.4 Å². The molecule has 1 spiro atoms. The summed E-state index contributed by atoms with van der Waals surface area (Å²) in [6, 6.07) is 10.9. The van der Waals surface area contributed by atoms with Crippen molar-refractivity contribution in [3.63, 3.8) is 0 Å². The predicted octanol–water partition coefficient (Wildman–Crippen LogP) is 3.45. The Bertz CT molecular complexity index is 1960. The summed E-state index contributed by atoms with van der Waals surface area (Å²) in [4.78, 5) is 62.8. The van der Waals surface area contributed by atoms with E-state index in [2.05, 4.69) is 0 Å². The summed E-state index contributed by atoms with van der Waals surface area (Å²) in [5, 5.41) is 0. The fraction of sp³-hybridized carbons (Fsp3) is 0.324. The monoisotopic (exact) mass is 641 g/mol. The molecule has 1 aromatic heterocycles. The van der Waals surface area contributed by atoms with Crippen LogP contribution in [0.2, 0.25) is 0 Å². The largest absolute Gasteiger partial charge is 0.467 e. The van der Waals surface area contributed by atoms with E-state index in [1.165, 1.54) is 26.2 Å². The number of furan rings is 1. The summed E-state index contributed by atoms with van der Waals surface area (Å²) < 4.78 is 32.3. The molecule has 13 nitrogen and oxygen atoms in total. The number of methoxy groups -OCH3 is 3. The van der Waals surface area contributed by atoms with Gasteiger partial charge in [0.2, 0.25) is 6.79 Å². The van der Waals surface area contributed by atoms with E-state index in [1.807, 2.05) is 41.3 Å². The first-order valence-electron chi connectivity index (χ1n) is 14.8. The third-order valence-corrected chi connectivity index (χ3v) is 9.37. The number of esters is 3. The molecule has 4 aliphatic heterocycles. The van der Waals surface area contributed by atoms with Crippen LogP contribution in [0.15, 0.2) is 63.1 Å². The maximum Gasteiger partial charge on any atom is 0.357 e.